The van der Waals surface area contributed by atoms with Crippen molar-refractivity contribution >= 4 is 5.91 Å². The van der Waals surface area contributed by atoms with Gasteiger partial charge in [-0.15, -0.1) is 0 Å². The van der Waals surface area contributed by atoms with Crippen molar-refractivity contribution < 1.29 is 9.90 Å². The Balaban J connectivity index is 1.72. The summed E-state index contributed by atoms with van der Waals surface area (Å²) in [6.45, 7) is 0. The molecule has 1 aliphatic carbocycles. The van der Waals surface area contributed by atoms with Gasteiger partial charge in [-0.2, -0.15) is 0 Å². The second-order valence-corrected chi connectivity index (χ2v) is 7.29. The summed E-state index contributed by atoms with van der Waals surface area (Å²) in [6.07, 6.45) is 7.29. The van der Waals surface area contributed by atoms with Gasteiger partial charge in [0.1, 0.15) is 5.75 Å². The summed E-state index contributed by atoms with van der Waals surface area (Å²) < 4.78 is 2.12. The Kier molecular flexibility index (Phi) is 4.71. The number of benzene rings is 2. The van der Waals surface area contributed by atoms with Gasteiger partial charge in [0.05, 0.1) is 0 Å². The Hall–Kier alpha value is -3.01. The van der Waals surface area contributed by atoms with E-state index in [0.717, 1.165) is 35.3 Å². The molecular weight excluding hydrogens is 336 g/mol. The molecule has 2 aromatic carbocycles. The van der Waals surface area contributed by atoms with Crippen LogP contribution in [-0.4, -0.2) is 15.6 Å². The van der Waals surface area contributed by atoms with E-state index in [9.17, 15) is 9.90 Å². The number of phenolic OH excluding ortho intramolecular Hbond substituents is 1. The molecule has 0 bridgehead atoms. The fourth-order valence-electron chi connectivity index (χ4n) is 4.17. The van der Waals surface area contributed by atoms with Crippen LogP contribution in [0.2, 0.25) is 0 Å². The van der Waals surface area contributed by atoms with Crippen molar-refractivity contribution in [2.45, 2.75) is 38.0 Å². The number of aromatic hydroxyl groups is 1. The maximum Gasteiger partial charge on any atom is 0.248 e. The Morgan fingerprint density at radius 1 is 1.07 bits per heavy atom. The van der Waals surface area contributed by atoms with E-state index in [1.165, 1.54) is 12.8 Å². The molecular formula is C23H24N2O2. The first kappa shape index (κ1) is 17.4. The zero-order valence-corrected chi connectivity index (χ0v) is 15.3. The van der Waals surface area contributed by atoms with Crippen LogP contribution in [0.5, 0.6) is 5.75 Å². The van der Waals surface area contributed by atoms with Gasteiger partial charge in [0.15, 0.2) is 0 Å². The number of para-hydroxylation sites is 1. The highest BCUT2D eigenvalue weighted by molar-refractivity contribution is 5.94. The number of hydrogen-bond acceptors (Lipinski definition) is 2. The molecule has 1 heterocycles. The zero-order chi connectivity index (χ0) is 18.8. The Bertz CT molecular complexity index is 968. The van der Waals surface area contributed by atoms with Gasteiger partial charge in [0, 0.05) is 29.6 Å². The normalized spacial score (nSPS) is 14.5. The highest BCUT2D eigenvalue weighted by atomic mass is 16.3. The van der Waals surface area contributed by atoms with Gasteiger partial charge in [-0.25, -0.2) is 0 Å². The smallest absolute Gasteiger partial charge is 0.248 e. The Labute approximate surface area is 159 Å². The third-order valence-corrected chi connectivity index (χ3v) is 5.57. The Morgan fingerprint density at radius 3 is 2.59 bits per heavy atom. The molecule has 3 N–H and O–H groups in total. The van der Waals surface area contributed by atoms with Gasteiger partial charge < -0.3 is 15.4 Å². The van der Waals surface area contributed by atoms with Crippen LogP contribution in [0.15, 0.2) is 60.8 Å². The molecule has 0 radical (unpaired) electrons. The van der Waals surface area contributed by atoms with Crippen LogP contribution < -0.4 is 5.73 Å². The molecule has 1 saturated carbocycles. The summed E-state index contributed by atoms with van der Waals surface area (Å²) >= 11 is 0. The molecule has 3 aromatic rings. The predicted octanol–water partition coefficient (Wildman–Crippen LogP) is 4.53. The summed E-state index contributed by atoms with van der Waals surface area (Å²) in [5, 5.41) is 10.1. The number of hydrogen-bond donors (Lipinski definition) is 2. The summed E-state index contributed by atoms with van der Waals surface area (Å²) in [6, 6.07) is 17.4. The molecule has 0 saturated heterocycles. The van der Waals surface area contributed by atoms with Gasteiger partial charge in [-0.05, 0) is 66.3 Å². The average Bonchev–Trinajstić information content (AvgIpc) is 3.35. The van der Waals surface area contributed by atoms with Crippen molar-refractivity contribution in [1.29, 1.82) is 0 Å². The first-order chi connectivity index (χ1) is 13.1. The van der Waals surface area contributed by atoms with Crippen LogP contribution in [0, 0.1) is 0 Å². The van der Waals surface area contributed by atoms with Crippen LogP contribution in [0.4, 0.5) is 0 Å². The molecule has 1 aromatic heterocycles. The lowest BCUT2D eigenvalue weighted by Gasteiger charge is -2.17. The monoisotopic (exact) mass is 360 g/mol. The van der Waals surface area contributed by atoms with Crippen LogP contribution in [0.1, 0.15) is 58.8 Å². The van der Waals surface area contributed by atoms with E-state index in [2.05, 4.69) is 16.7 Å². The molecule has 4 heteroatoms. The van der Waals surface area contributed by atoms with E-state index in [0.29, 0.717) is 23.7 Å². The fraction of sp³-hybridized carbons (Fsp3) is 0.261. The summed E-state index contributed by atoms with van der Waals surface area (Å²) in [4.78, 5) is 11.9. The quantitative estimate of drug-likeness (QED) is 0.702. The second-order valence-electron chi connectivity index (χ2n) is 7.29. The topological polar surface area (TPSA) is 68.2 Å². The molecule has 1 aliphatic rings. The molecule has 0 spiro atoms. The van der Waals surface area contributed by atoms with Crippen molar-refractivity contribution in [3.8, 4) is 11.4 Å². The van der Waals surface area contributed by atoms with Crippen molar-refractivity contribution in [3.05, 3.63) is 83.2 Å². The Morgan fingerprint density at radius 2 is 1.85 bits per heavy atom. The number of nitrogens with two attached hydrogens (primary N) is 1. The van der Waals surface area contributed by atoms with E-state index < -0.39 is 0 Å². The number of amides is 1. The zero-order valence-electron chi connectivity index (χ0n) is 15.3. The molecule has 4 nitrogen and oxygen atoms in total. The van der Waals surface area contributed by atoms with Crippen molar-refractivity contribution in [2.75, 3.05) is 0 Å². The molecule has 1 amide bonds. The van der Waals surface area contributed by atoms with E-state index in [4.69, 9.17) is 5.73 Å². The molecule has 1 fully saturated rings. The van der Waals surface area contributed by atoms with E-state index in [1.807, 2.05) is 42.6 Å². The highest BCUT2D eigenvalue weighted by Crippen LogP contribution is 2.37. The molecule has 4 rings (SSSR count). The molecule has 0 unspecified atom stereocenters. The minimum Gasteiger partial charge on any atom is -0.508 e. The van der Waals surface area contributed by atoms with Gasteiger partial charge >= 0.3 is 0 Å². The lowest BCUT2D eigenvalue weighted by Crippen LogP contribution is -2.15. The first-order valence-corrected chi connectivity index (χ1v) is 9.50. The highest BCUT2D eigenvalue weighted by Gasteiger charge is 2.22. The van der Waals surface area contributed by atoms with Crippen LogP contribution in [-0.2, 0) is 6.42 Å². The number of nitrogens with zero attached hydrogens (tertiary/aromatic N) is 1. The number of carbonyl (C=O) groups is 1. The number of primary amides is 1. The number of phenols is 1. The third-order valence-electron chi connectivity index (χ3n) is 5.57. The minimum absolute atomic E-state index is 0.306. The predicted molar refractivity (Wildman–Crippen MR) is 106 cm³/mol. The van der Waals surface area contributed by atoms with E-state index >= 15 is 0 Å². The minimum atomic E-state index is -0.356. The van der Waals surface area contributed by atoms with E-state index in [1.54, 1.807) is 6.07 Å². The van der Waals surface area contributed by atoms with E-state index in [-0.39, 0.29) is 5.91 Å². The van der Waals surface area contributed by atoms with Gasteiger partial charge in [-0.3, -0.25) is 4.79 Å². The van der Waals surface area contributed by atoms with Crippen LogP contribution in [0.3, 0.4) is 0 Å². The maximum atomic E-state index is 11.9. The lowest BCUT2D eigenvalue weighted by atomic mass is 9.92. The molecule has 138 valence electrons. The largest absolute Gasteiger partial charge is 0.508 e. The van der Waals surface area contributed by atoms with Crippen LogP contribution in [0.25, 0.3) is 5.69 Å². The lowest BCUT2D eigenvalue weighted by molar-refractivity contribution is 0.0999. The van der Waals surface area contributed by atoms with Gasteiger partial charge in [0.2, 0.25) is 5.91 Å². The SMILES string of the molecule is NC(=O)c1ccc(-n2cccc2Cc2ccccc2O)cc1C1CCCC1. The van der Waals surface area contributed by atoms with Gasteiger partial charge in [0.25, 0.3) is 0 Å². The number of rotatable bonds is 5. The standard InChI is InChI=1S/C23H24N2O2/c24-23(27)20-12-11-19(15-21(20)16-6-1-2-7-16)25-13-5-9-18(25)14-17-8-3-4-10-22(17)26/h3-5,8-13,15-16,26H,1-2,6-7,14H2,(H2,24,27). The second kappa shape index (κ2) is 7.31. The fourth-order valence-corrected chi connectivity index (χ4v) is 4.17. The van der Waals surface area contributed by atoms with Gasteiger partial charge in [-0.1, -0.05) is 31.0 Å². The first-order valence-electron chi connectivity index (χ1n) is 9.50. The van der Waals surface area contributed by atoms with Crippen molar-refractivity contribution in [3.63, 3.8) is 0 Å². The molecule has 0 atom stereocenters. The van der Waals surface area contributed by atoms with Crippen molar-refractivity contribution in [1.82, 2.24) is 4.57 Å². The molecule has 27 heavy (non-hydrogen) atoms. The molecule has 0 aliphatic heterocycles. The summed E-state index contributed by atoms with van der Waals surface area (Å²) in [7, 11) is 0. The maximum absolute atomic E-state index is 11.9. The number of aromatic nitrogens is 1. The summed E-state index contributed by atoms with van der Waals surface area (Å²) in [5.41, 5.74) is 10.3. The third kappa shape index (κ3) is 3.47. The number of carbonyl (C=O) groups excluding carboxylic acids is 1. The van der Waals surface area contributed by atoms with Crippen molar-refractivity contribution in [2.24, 2.45) is 5.73 Å². The summed E-state index contributed by atoms with van der Waals surface area (Å²) in [5.74, 6) is 0.357. The average molecular weight is 360 g/mol. The van der Waals surface area contributed by atoms with Crippen LogP contribution >= 0.6 is 0 Å².